The van der Waals surface area contributed by atoms with Crippen molar-refractivity contribution in [2.75, 3.05) is 7.11 Å². The van der Waals surface area contributed by atoms with Gasteiger partial charge in [-0.1, -0.05) is 48.5 Å². The summed E-state index contributed by atoms with van der Waals surface area (Å²) in [6.07, 6.45) is 4.20. The minimum Gasteiger partial charge on any atom is -0.385 e. The first-order chi connectivity index (χ1) is 11.7. The molecule has 1 amide bonds. The summed E-state index contributed by atoms with van der Waals surface area (Å²) in [5.74, 6) is -0.219. The topological polar surface area (TPSA) is 58.6 Å². The maximum atomic E-state index is 12.2. The van der Waals surface area contributed by atoms with Crippen LogP contribution in [0.15, 0.2) is 84.6 Å². The van der Waals surface area contributed by atoms with Gasteiger partial charge in [0.15, 0.2) is 0 Å². The molecule has 4 heteroatoms. The summed E-state index contributed by atoms with van der Waals surface area (Å²) in [7, 11) is 1.56. The van der Waals surface area contributed by atoms with Gasteiger partial charge in [0.1, 0.15) is 11.7 Å². The molecule has 0 bridgehead atoms. The van der Waals surface area contributed by atoms with Crippen molar-refractivity contribution in [1.82, 2.24) is 5.32 Å². The molecule has 0 fully saturated rings. The zero-order chi connectivity index (χ0) is 17.0. The number of benzene rings is 2. The molecule has 0 saturated carbocycles. The summed E-state index contributed by atoms with van der Waals surface area (Å²) in [5.41, 5.74) is 0.996. The van der Waals surface area contributed by atoms with Crippen LogP contribution in [0, 0.1) is 0 Å². The predicted octanol–water partition coefficient (Wildman–Crippen LogP) is 2.77. The number of aliphatic hydroxyl groups is 1. The van der Waals surface area contributed by atoms with Crippen LogP contribution >= 0.6 is 0 Å². The third kappa shape index (κ3) is 3.02. The van der Waals surface area contributed by atoms with Gasteiger partial charge < -0.3 is 15.2 Å². The number of carbonyl (C=O) groups excluding carboxylic acids is 1. The van der Waals surface area contributed by atoms with E-state index in [1.54, 1.807) is 49.6 Å². The van der Waals surface area contributed by atoms with Crippen molar-refractivity contribution >= 4 is 5.91 Å². The summed E-state index contributed by atoms with van der Waals surface area (Å²) in [6, 6.07) is 18.4. The third-order valence-corrected chi connectivity index (χ3v) is 4.14. The molecular weight excluding hydrogens is 302 g/mol. The van der Waals surface area contributed by atoms with Crippen molar-refractivity contribution in [1.29, 1.82) is 0 Å². The number of methoxy groups -OCH3 is 1. The minimum absolute atomic E-state index is 0.219. The normalized spacial score (nSPS) is 22.8. The van der Waals surface area contributed by atoms with Gasteiger partial charge in [0.25, 0.3) is 5.91 Å². The smallest absolute Gasteiger partial charge is 0.255 e. The van der Waals surface area contributed by atoms with Crippen LogP contribution in [0.4, 0.5) is 0 Å². The van der Waals surface area contributed by atoms with Crippen LogP contribution in [0.3, 0.4) is 0 Å². The van der Waals surface area contributed by atoms with Crippen molar-refractivity contribution in [2.24, 2.45) is 0 Å². The molecule has 2 aromatic carbocycles. The molecule has 1 aliphatic rings. The van der Waals surface area contributed by atoms with Crippen molar-refractivity contribution in [3.05, 3.63) is 95.7 Å². The van der Waals surface area contributed by atoms with Gasteiger partial charge in [0.2, 0.25) is 0 Å². The van der Waals surface area contributed by atoms with Gasteiger partial charge in [0, 0.05) is 18.4 Å². The first-order valence-electron chi connectivity index (χ1n) is 7.72. The highest BCUT2D eigenvalue weighted by molar-refractivity contribution is 5.95. The van der Waals surface area contributed by atoms with Gasteiger partial charge in [-0.05, 0) is 35.9 Å². The molecule has 1 aliphatic carbocycles. The lowest BCUT2D eigenvalue weighted by Gasteiger charge is -2.35. The molecule has 122 valence electrons. The Morgan fingerprint density at radius 1 is 1.08 bits per heavy atom. The zero-order valence-electron chi connectivity index (χ0n) is 13.3. The molecule has 2 unspecified atom stereocenters. The number of amides is 1. The standard InChI is InChI=1S/C20H19NO3/c1-24-20(16-10-6-3-7-11-16)13-12-17(14-18(20)22)21-19(23)15-8-4-2-5-9-15/h2-14,18,22H,1H3,(H,21,23). The number of aliphatic hydroxyl groups excluding tert-OH is 1. The second kappa shape index (κ2) is 6.83. The van der Waals surface area contributed by atoms with E-state index in [-0.39, 0.29) is 5.91 Å². The molecule has 3 rings (SSSR count). The Labute approximate surface area is 141 Å². The SMILES string of the molecule is COC1(c2ccccc2)C=CC(NC(=O)c2ccccc2)=CC1O. The summed E-state index contributed by atoms with van der Waals surface area (Å²) in [5, 5.41) is 13.4. The Morgan fingerprint density at radius 2 is 1.71 bits per heavy atom. The van der Waals surface area contributed by atoms with E-state index in [1.165, 1.54) is 0 Å². The average Bonchev–Trinajstić information content (AvgIpc) is 2.64. The van der Waals surface area contributed by atoms with Gasteiger partial charge in [-0.25, -0.2) is 0 Å². The Hall–Kier alpha value is -2.69. The zero-order valence-corrected chi connectivity index (χ0v) is 13.3. The van der Waals surface area contributed by atoms with Gasteiger partial charge in [0.05, 0.1) is 0 Å². The van der Waals surface area contributed by atoms with Crippen LogP contribution in [0.1, 0.15) is 15.9 Å². The lowest BCUT2D eigenvalue weighted by Crippen LogP contribution is -2.41. The maximum absolute atomic E-state index is 12.2. The molecular formula is C20H19NO3. The highest BCUT2D eigenvalue weighted by Crippen LogP contribution is 2.34. The predicted molar refractivity (Wildman–Crippen MR) is 92.3 cm³/mol. The number of rotatable bonds is 4. The first-order valence-corrected chi connectivity index (χ1v) is 7.72. The fraction of sp³-hybridized carbons (Fsp3) is 0.150. The van der Waals surface area contributed by atoms with Gasteiger partial charge >= 0.3 is 0 Å². The van der Waals surface area contributed by atoms with Crippen LogP contribution in [0.25, 0.3) is 0 Å². The summed E-state index contributed by atoms with van der Waals surface area (Å²) in [6.45, 7) is 0. The number of hydrogen-bond acceptors (Lipinski definition) is 3. The minimum atomic E-state index is -0.956. The van der Waals surface area contributed by atoms with Crippen molar-refractivity contribution in [3.63, 3.8) is 0 Å². The molecule has 0 aromatic heterocycles. The lowest BCUT2D eigenvalue weighted by molar-refractivity contribution is -0.0544. The fourth-order valence-corrected chi connectivity index (χ4v) is 2.81. The van der Waals surface area contributed by atoms with Crippen LogP contribution in [-0.4, -0.2) is 24.2 Å². The van der Waals surface area contributed by atoms with E-state index in [0.29, 0.717) is 11.3 Å². The molecule has 0 radical (unpaired) electrons. The van der Waals surface area contributed by atoms with Crippen LogP contribution < -0.4 is 5.32 Å². The second-order valence-corrected chi connectivity index (χ2v) is 5.58. The monoisotopic (exact) mass is 321 g/mol. The maximum Gasteiger partial charge on any atom is 0.255 e. The molecule has 4 nitrogen and oxygen atoms in total. The molecule has 24 heavy (non-hydrogen) atoms. The molecule has 2 aromatic rings. The number of hydrogen-bond donors (Lipinski definition) is 2. The van der Waals surface area contributed by atoms with E-state index in [2.05, 4.69) is 5.32 Å². The first kappa shape index (κ1) is 16.2. The second-order valence-electron chi connectivity index (χ2n) is 5.58. The summed E-state index contributed by atoms with van der Waals surface area (Å²) in [4.78, 5) is 12.2. The molecule has 0 saturated heterocycles. The van der Waals surface area contributed by atoms with E-state index in [9.17, 15) is 9.90 Å². The van der Waals surface area contributed by atoms with E-state index < -0.39 is 11.7 Å². The fourth-order valence-electron chi connectivity index (χ4n) is 2.81. The third-order valence-electron chi connectivity index (χ3n) is 4.14. The van der Waals surface area contributed by atoms with Gasteiger partial charge in [-0.15, -0.1) is 0 Å². The van der Waals surface area contributed by atoms with Crippen molar-refractivity contribution < 1.29 is 14.6 Å². The van der Waals surface area contributed by atoms with Gasteiger partial charge in [-0.3, -0.25) is 4.79 Å². The number of ether oxygens (including phenoxy) is 1. The van der Waals surface area contributed by atoms with Crippen molar-refractivity contribution in [2.45, 2.75) is 11.7 Å². The number of carbonyl (C=O) groups is 1. The quantitative estimate of drug-likeness (QED) is 0.910. The highest BCUT2D eigenvalue weighted by atomic mass is 16.5. The van der Waals surface area contributed by atoms with E-state index in [1.807, 2.05) is 36.4 Å². The molecule has 0 aliphatic heterocycles. The Kier molecular flexibility index (Phi) is 4.60. The van der Waals surface area contributed by atoms with Crippen LogP contribution in [-0.2, 0) is 10.3 Å². The molecule has 0 spiro atoms. The Morgan fingerprint density at radius 3 is 2.29 bits per heavy atom. The van der Waals surface area contributed by atoms with Crippen molar-refractivity contribution in [3.8, 4) is 0 Å². The highest BCUT2D eigenvalue weighted by Gasteiger charge is 2.38. The van der Waals surface area contributed by atoms with Crippen LogP contribution in [0.5, 0.6) is 0 Å². The number of allylic oxidation sites excluding steroid dienone is 1. The van der Waals surface area contributed by atoms with E-state index >= 15 is 0 Å². The lowest BCUT2D eigenvalue weighted by atomic mass is 9.84. The Balaban J connectivity index is 1.81. The van der Waals surface area contributed by atoms with Crippen LogP contribution in [0.2, 0.25) is 0 Å². The molecule has 2 atom stereocenters. The summed E-state index contributed by atoms with van der Waals surface area (Å²) < 4.78 is 5.62. The van der Waals surface area contributed by atoms with E-state index in [4.69, 9.17) is 4.74 Å². The van der Waals surface area contributed by atoms with E-state index in [0.717, 1.165) is 5.56 Å². The summed E-state index contributed by atoms with van der Waals surface area (Å²) >= 11 is 0. The average molecular weight is 321 g/mol. The largest absolute Gasteiger partial charge is 0.385 e. The molecule has 0 heterocycles. The van der Waals surface area contributed by atoms with Gasteiger partial charge in [-0.2, -0.15) is 0 Å². The Bertz CT molecular complexity index is 768. The molecule has 2 N–H and O–H groups in total. The number of nitrogens with one attached hydrogen (secondary N) is 1.